The van der Waals surface area contributed by atoms with Gasteiger partial charge in [-0.05, 0) is 40.8 Å². The molecule has 0 saturated heterocycles. The van der Waals surface area contributed by atoms with E-state index in [1.165, 1.54) is 0 Å². The molecule has 2 heterocycles. The quantitative estimate of drug-likeness (QED) is 0.271. The molecule has 5 rings (SSSR count). The van der Waals surface area contributed by atoms with Crippen LogP contribution < -0.4 is 5.56 Å². The van der Waals surface area contributed by atoms with Crippen LogP contribution in [0.4, 0.5) is 0 Å². The van der Waals surface area contributed by atoms with E-state index < -0.39 is 0 Å². The summed E-state index contributed by atoms with van der Waals surface area (Å²) in [5.41, 5.74) is 6.13. The fourth-order valence-electron chi connectivity index (χ4n) is 4.63. The maximum absolute atomic E-state index is 13.6. The summed E-state index contributed by atoms with van der Waals surface area (Å²) < 4.78 is 3.86. The van der Waals surface area contributed by atoms with Crippen LogP contribution in [0.15, 0.2) is 95.9 Å². The molecule has 0 fully saturated rings. The van der Waals surface area contributed by atoms with Crippen molar-refractivity contribution in [3.05, 3.63) is 124 Å². The molecular weight excluding hydrogens is 444 g/mol. The van der Waals surface area contributed by atoms with E-state index in [1.807, 2.05) is 79.0 Å². The van der Waals surface area contributed by atoms with Crippen molar-refractivity contribution in [2.75, 3.05) is 0 Å². The summed E-state index contributed by atoms with van der Waals surface area (Å²) in [6, 6.07) is 30.1. The molecule has 0 bridgehead atoms. The highest BCUT2D eigenvalue weighted by atomic mass is 16.1. The van der Waals surface area contributed by atoms with Crippen molar-refractivity contribution in [1.29, 1.82) is 5.26 Å². The Labute approximate surface area is 210 Å². The third-order valence-corrected chi connectivity index (χ3v) is 6.55. The van der Waals surface area contributed by atoms with E-state index in [2.05, 4.69) is 29.7 Å². The molecular formula is C31H28N4O. The Morgan fingerprint density at radius 3 is 2.33 bits per heavy atom. The summed E-state index contributed by atoms with van der Waals surface area (Å²) in [5, 5.41) is 9.46. The van der Waals surface area contributed by atoms with Crippen LogP contribution in [0.1, 0.15) is 42.3 Å². The first-order chi connectivity index (χ1) is 17.7. The molecule has 5 aromatic rings. The van der Waals surface area contributed by atoms with Gasteiger partial charge in [-0.15, -0.1) is 0 Å². The summed E-state index contributed by atoms with van der Waals surface area (Å²) in [6.45, 7) is 3.26. The topological polar surface area (TPSA) is 63.6 Å². The number of nitriles is 1. The van der Waals surface area contributed by atoms with Gasteiger partial charge in [-0.3, -0.25) is 4.79 Å². The lowest BCUT2D eigenvalue weighted by Crippen LogP contribution is -2.22. The van der Waals surface area contributed by atoms with Crippen LogP contribution >= 0.6 is 0 Å². The number of aromatic nitrogens is 3. The zero-order valence-electron chi connectivity index (χ0n) is 20.4. The van der Waals surface area contributed by atoms with Crippen LogP contribution in [0, 0.1) is 11.3 Å². The second kappa shape index (κ2) is 10.5. The predicted octanol–water partition coefficient (Wildman–Crippen LogP) is 6.18. The van der Waals surface area contributed by atoms with Gasteiger partial charge >= 0.3 is 0 Å². The molecule has 3 aromatic carbocycles. The lowest BCUT2D eigenvalue weighted by molar-refractivity contribution is 0.684. The van der Waals surface area contributed by atoms with Gasteiger partial charge in [0.05, 0.1) is 23.7 Å². The van der Waals surface area contributed by atoms with Gasteiger partial charge in [0, 0.05) is 19.2 Å². The third kappa shape index (κ3) is 4.71. The summed E-state index contributed by atoms with van der Waals surface area (Å²) in [6.07, 6.45) is 4.76. The van der Waals surface area contributed by atoms with Crippen molar-refractivity contribution in [2.45, 2.75) is 39.3 Å². The van der Waals surface area contributed by atoms with E-state index in [-0.39, 0.29) is 5.56 Å². The number of nitrogens with zero attached hydrogens (tertiary/aromatic N) is 4. The summed E-state index contributed by atoms with van der Waals surface area (Å²) in [5.74, 6) is 0.945. The highest BCUT2D eigenvalue weighted by molar-refractivity contribution is 5.75. The van der Waals surface area contributed by atoms with Gasteiger partial charge in [-0.25, -0.2) is 4.98 Å². The van der Waals surface area contributed by atoms with E-state index >= 15 is 0 Å². The van der Waals surface area contributed by atoms with Crippen molar-refractivity contribution in [1.82, 2.24) is 14.1 Å². The second-order valence-electron chi connectivity index (χ2n) is 9.04. The van der Waals surface area contributed by atoms with Gasteiger partial charge in [0.25, 0.3) is 5.56 Å². The minimum absolute atomic E-state index is 0.0221. The van der Waals surface area contributed by atoms with Crippen molar-refractivity contribution in [3.63, 3.8) is 0 Å². The van der Waals surface area contributed by atoms with Gasteiger partial charge in [0.2, 0.25) is 0 Å². The average Bonchev–Trinajstić information content (AvgIpc) is 3.27. The fourth-order valence-corrected chi connectivity index (χ4v) is 4.63. The van der Waals surface area contributed by atoms with E-state index in [1.54, 1.807) is 4.57 Å². The third-order valence-electron chi connectivity index (χ3n) is 6.55. The zero-order chi connectivity index (χ0) is 24.9. The van der Waals surface area contributed by atoms with Crippen LogP contribution in [0.25, 0.3) is 22.2 Å². The lowest BCUT2D eigenvalue weighted by atomic mass is 9.99. The van der Waals surface area contributed by atoms with Crippen molar-refractivity contribution in [3.8, 4) is 17.2 Å². The molecule has 0 atom stereocenters. The van der Waals surface area contributed by atoms with Crippen molar-refractivity contribution < 1.29 is 0 Å². The Bertz CT molecular complexity index is 1590. The molecule has 0 N–H and O–H groups in total. The first-order valence-electron chi connectivity index (χ1n) is 12.4. The zero-order valence-corrected chi connectivity index (χ0v) is 20.4. The Balaban J connectivity index is 1.52. The molecule has 5 nitrogen and oxygen atoms in total. The first kappa shape index (κ1) is 23.3. The Hall–Kier alpha value is -4.43. The van der Waals surface area contributed by atoms with Gasteiger partial charge in [0.1, 0.15) is 11.3 Å². The molecule has 0 unspecified atom stereocenters. The predicted molar refractivity (Wildman–Crippen MR) is 144 cm³/mol. The van der Waals surface area contributed by atoms with E-state index in [0.29, 0.717) is 24.2 Å². The lowest BCUT2D eigenvalue weighted by Gasteiger charge is -2.12. The van der Waals surface area contributed by atoms with Gasteiger partial charge in [-0.1, -0.05) is 86.1 Å². The molecule has 0 amide bonds. The minimum atomic E-state index is -0.0221. The number of benzene rings is 3. The SMILES string of the molecule is CCCCc1nc2ccn(Cc3ccccc3)c(=O)c2n1Cc1ccc(-c2ccccc2C#N)cc1. The Morgan fingerprint density at radius 2 is 1.58 bits per heavy atom. The number of pyridine rings is 1. The summed E-state index contributed by atoms with van der Waals surface area (Å²) in [4.78, 5) is 18.5. The number of hydrogen-bond acceptors (Lipinski definition) is 3. The second-order valence-corrected chi connectivity index (χ2v) is 9.04. The smallest absolute Gasteiger partial charge is 0.277 e. The van der Waals surface area contributed by atoms with Gasteiger partial charge in [-0.2, -0.15) is 5.26 Å². The molecule has 0 aliphatic heterocycles. The molecule has 2 aromatic heterocycles. The number of imidazole rings is 1. The van der Waals surface area contributed by atoms with Gasteiger partial charge in [0.15, 0.2) is 0 Å². The Morgan fingerprint density at radius 1 is 0.861 bits per heavy atom. The monoisotopic (exact) mass is 472 g/mol. The molecule has 178 valence electrons. The standard InChI is InChI=1S/C31H28N4O/c1-2-3-13-29-33-28-18-19-34(21-23-9-5-4-6-10-23)31(36)30(28)35(29)22-24-14-16-25(17-15-24)27-12-8-7-11-26(27)20-32/h4-12,14-19H,2-3,13,21-22H2,1H3. The molecule has 0 saturated carbocycles. The van der Waals surface area contributed by atoms with Gasteiger partial charge < -0.3 is 9.13 Å². The van der Waals surface area contributed by atoms with E-state index in [9.17, 15) is 10.1 Å². The minimum Gasteiger partial charge on any atom is -0.319 e. The first-order valence-corrected chi connectivity index (χ1v) is 12.4. The van der Waals surface area contributed by atoms with Crippen LogP contribution in [-0.4, -0.2) is 14.1 Å². The fraction of sp³-hybridized carbons (Fsp3) is 0.194. The molecule has 0 radical (unpaired) electrons. The number of hydrogen-bond donors (Lipinski definition) is 0. The molecule has 0 aliphatic rings. The number of rotatable bonds is 8. The molecule has 0 aliphatic carbocycles. The average molecular weight is 473 g/mol. The van der Waals surface area contributed by atoms with Crippen LogP contribution in [0.3, 0.4) is 0 Å². The molecule has 5 heteroatoms. The highest BCUT2D eigenvalue weighted by Crippen LogP contribution is 2.24. The highest BCUT2D eigenvalue weighted by Gasteiger charge is 2.16. The van der Waals surface area contributed by atoms with Crippen molar-refractivity contribution >= 4 is 11.0 Å². The number of fused-ring (bicyclic) bond motifs is 1. The number of aryl methyl sites for hydroxylation is 1. The summed E-state index contributed by atoms with van der Waals surface area (Å²) >= 11 is 0. The maximum Gasteiger partial charge on any atom is 0.277 e. The van der Waals surface area contributed by atoms with Crippen LogP contribution in [-0.2, 0) is 19.5 Å². The number of unbranched alkanes of at least 4 members (excludes halogenated alkanes) is 1. The Kier molecular flexibility index (Phi) is 6.77. The van der Waals surface area contributed by atoms with Crippen molar-refractivity contribution in [2.24, 2.45) is 0 Å². The maximum atomic E-state index is 13.6. The van der Waals surface area contributed by atoms with Crippen LogP contribution in [0.5, 0.6) is 0 Å². The van der Waals surface area contributed by atoms with E-state index in [4.69, 9.17) is 4.98 Å². The normalized spacial score (nSPS) is 11.0. The summed E-state index contributed by atoms with van der Waals surface area (Å²) in [7, 11) is 0. The van der Waals surface area contributed by atoms with Crippen LogP contribution in [0.2, 0.25) is 0 Å². The molecule has 0 spiro atoms. The van der Waals surface area contributed by atoms with E-state index in [0.717, 1.165) is 52.9 Å². The largest absolute Gasteiger partial charge is 0.319 e. The molecule has 36 heavy (non-hydrogen) atoms.